The molecule has 0 atom stereocenters. The van der Waals surface area contributed by atoms with Crippen LogP contribution in [0.4, 0.5) is 11.4 Å². The fraction of sp³-hybridized carbons (Fsp3) is 0. The van der Waals surface area contributed by atoms with E-state index in [1.54, 1.807) is 48.5 Å². The van der Waals surface area contributed by atoms with Crippen molar-refractivity contribution in [1.82, 2.24) is 0 Å². The van der Waals surface area contributed by atoms with Gasteiger partial charge in [0.15, 0.2) is 0 Å². The van der Waals surface area contributed by atoms with Gasteiger partial charge in [-0.2, -0.15) is 10.2 Å². The number of hydrogen-bond donors (Lipinski definition) is 4. The van der Waals surface area contributed by atoms with Crippen molar-refractivity contribution in [1.29, 1.82) is 0 Å². The van der Waals surface area contributed by atoms with Crippen LogP contribution < -0.4 is 0 Å². The van der Waals surface area contributed by atoms with Gasteiger partial charge in [0.2, 0.25) is 0 Å². The van der Waals surface area contributed by atoms with Crippen LogP contribution in [0.1, 0.15) is 0 Å². The van der Waals surface area contributed by atoms with Crippen molar-refractivity contribution >= 4 is 69.2 Å². The maximum absolute atomic E-state index is 11.5. The highest BCUT2D eigenvalue weighted by Crippen LogP contribution is 2.53. The summed E-state index contributed by atoms with van der Waals surface area (Å²) in [5.41, 5.74) is 1.18. The van der Waals surface area contributed by atoms with Gasteiger partial charge in [0.05, 0.1) is 50.5 Å². The zero-order valence-electron chi connectivity index (χ0n) is 22.7. The van der Waals surface area contributed by atoms with Crippen LogP contribution in [0.2, 0.25) is 0 Å². The van der Waals surface area contributed by atoms with Gasteiger partial charge in [0.1, 0.15) is 23.0 Å². The first-order chi connectivity index (χ1) is 21.4. The van der Waals surface area contributed by atoms with Gasteiger partial charge in [-0.1, -0.05) is 95.6 Å². The molecule has 6 aromatic rings. The molecule has 6 aromatic carbocycles. The fourth-order valence-corrected chi connectivity index (χ4v) is 8.71. The fourth-order valence-electron chi connectivity index (χ4n) is 4.61. The summed E-state index contributed by atoms with van der Waals surface area (Å²) in [6, 6.07) is 33.4. The number of nitrogens with zero attached hydrogens (tertiary/aromatic N) is 2. The molecule has 44 heavy (non-hydrogen) atoms. The molecule has 0 saturated heterocycles. The van der Waals surface area contributed by atoms with Gasteiger partial charge in [-0.25, -0.2) is 0 Å². The van der Waals surface area contributed by atoms with Crippen molar-refractivity contribution < 1.29 is 20.4 Å². The van der Waals surface area contributed by atoms with Crippen LogP contribution in [0.15, 0.2) is 159 Å². The summed E-state index contributed by atoms with van der Waals surface area (Å²) in [5.74, 6) is 0.127. The molecule has 1 aliphatic heterocycles. The Morgan fingerprint density at radius 2 is 0.727 bits per heavy atom. The zero-order valence-corrected chi connectivity index (χ0v) is 26.0. The second-order valence-corrected chi connectivity index (χ2v) is 14.1. The standard InChI is InChI=1S/C34H22N2O4S4/c37-31-23-8-3-9-24(31)42-26-11-5-13-28(33(26)39)44-30-18-22(36-35-21-15-14-19-6-1-2-7-20(19)16-21)17-29(34(30)40)43-27-12-4-10-25(41-23)32(27)38/h1-18,37-40H. The number of benzene rings is 6. The molecule has 0 amide bonds. The minimum Gasteiger partial charge on any atom is -0.506 e. The Morgan fingerprint density at radius 3 is 1.20 bits per heavy atom. The largest absolute Gasteiger partial charge is 0.506 e. The van der Waals surface area contributed by atoms with E-state index in [1.807, 2.05) is 60.7 Å². The number of para-hydroxylation sites is 3. The Bertz CT molecular complexity index is 2000. The first-order valence-electron chi connectivity index (χ1n) is 13.4. The molecule has 6 nitrogen and oxygen atoms in total. The van der Waals surface area contributed by atoms with Crippen molar-refractivity contribution in [3.05, 3.63) is 109 Å². The van der Waals surface area contributed by atoms with E-state index in [0.29, 0.717) is 50.5 Å². The molecular formula is C34H22N2O4S4. The average molecular weight is 651 g/mol. The minimum atomic E-state index is -0.00507. The molecule has 0 spiro atoms. The molecule has 0 aliphatic carbocycles. The van der Waals surface area contributed by atoms with Gasteiger partial charge < -0.3 is 20.4 Å². The summed E-state index contributed by atoms with van der Waals surface area (Å²) >= 11 is 4.85. The van der Waals surface area contributed by atoms with Crippen LogP contribution in [-0.4, -0.2) is 20.4 Å². The maximum Gasteiger partial charge on any atom is 0.143 e. The molecule has 216 valence electrons. The van der Waals surface area contributed by atoms with Crippen LogP contribution in [0.5, 0.6) is 23.0 Å². The Morgan fingerprint density at radius 1 is 0.341 bits per heavy atom. The number of rotatable bonds is 2. The van der Waals surface area contributed by atoms with Gasteiger partial charge in [0.25, 0.3) is 0 Å². The molecule has 1 heterocycles. The normalized spacial score (nSPS) is 12.9. The number of phenolic OH excluding ortho intramolecular Hbond substituents is 4. The number of aromatic hydroxyl groups is 4. The molecule has 0 fully saturated rings. The SMILES string of the molecule is Oc1c2cccc1Sc1cccc(c1O)Sc1cc(N=Nc3ccc4ccccc4c3)cc(c1O)Sc1cccc(c1O)S2. The van der Waals surface area contributed by atoms with E-state index in [0.717, 1.165) is 10.8 Å². The van der Waals surface area contributed by atoms with Crippen molar-refractivity contribution in [2.45, 2.75) is 39.2 Å². The molecule has 0 radical (unpaired) electrons. The third-order valence-corrected chi connectivity index (χ3v) is 11.2. The van der Waals surface area contributed by atoms with Crippen LogP contribution >= 0.6 is 47.0 Å². The van der Waals surface area contributed by atoms with E-state index in [1.165, 1.54) is 47.0 Å². The highest BCUT2D eigenvalue weighted by molar-refractivity contribution is 8.01. The average Bonchev–Trinajstić information content (AvgIpc) is 3.03. The molecular weight excluding hydrogens is 629 g/mol. The first-order valence-corrected chi connectivity index (χ1v) is 16.6. The van der Waals surface area contributed by atoms with E-state index in [9.17, 15) is 20.4 Å². The van der Waals surface area contributed by atoms with Crippen molar-refractivity contribution in [2.75, 3.05) is 0 Å². The van der Waals surface area contributed by atoms with Crippen LogP contribution in [-0.2, 0) is 0 Å². The van der Waals surface area contributed by atoms with E-state index < -0.39 is 0 Å². The molecule has 1 aliphatic rings. The van der Waals surface area contributed by atoms with Crippen molar-refractivity contribution in [3.8, 4) is 23.0 Å². The summed E-state index contributed by atoms with van der Waals surface area (Å²) < 4.78 is 0. The highest BCUT2D eigenvalue weighted by atomic mass is 32.2. The third-order valence-electron chi connectivity index (χ3n) is 6.80. The summed E-state index contributed by atoms with van der Waals surface area (Å²) in [6.07, 6.45) is 0. The predicted octanol–water partition coefficient (Wildman–Crippen LogP) is 11.0. The summed E-state index contributed by atoms with van der Waals surface area (Å²) in [5, 5.41) is 56.2. The highest BCUT2D eigenvalue weighted by Gasteiger charge is 2.20. The Balaban J connectivity index is 1.36. The Labute approximate surface area is 269 Å². The zero-order chi connectivity index (χ0) is 30.2. The molecule has 0 saturated carbocycles. The van der Waals surface area contributed by atoms with E-state index in [2.05, 4.69) is 10.2 Å². The summed E-state index contributed by atoms with van der Waals surface area (Å²) in [4.78, 5) is 4.18. The third kappa shape index (κ3) is 5.69. The molecule has 10 heteroatoms. The van der Waals surface area contributed by atoms with Crippen LogP contribution in [0.3, 0.4) is 0 Å². The van der Waals surface area contributed by atoms with Gasteiger partial charge in [-0.3, -0.25) is 0 Å². The lowest BCUT2D eigenvalue weighted by molar-refractivity contribution is 0.444. The van der Waals surface area contributed by atoms with Crippen molar-refractivity contribution in [2.24, 2.45) is 10.2 Å². The monoisotopic (exact) mass is 650 g/mol. The molecule has 0 unspecified atom stereocenters. The lowest BCUT2D eigenvalue weighted by Crippen LogP contribution is -1.86. The van der Waals surface area contributed by atoms with Crippen LogP contribution in [0.25, 0.3) is 10.8 Å². The second kappa shape index (κ2) is 12.0. The minimum absolute atomic E-state index is 0.00507. The smallest absolute Gasteiger partial charge is 0.143 e. The number of hydrogen-bond acceptors (Lipinski definition) is 10. The molecule has 4 N–H and O–H groups in total. The van der Waals surface area contributed by atoms with E-state index >= 15 is 0 Å². The molecule has 7 rings (SSSR count). The number of phenols is 4. The first kappa shape index (κ1) is 28.5. The molecule has 0 aromatic heterocycles. The second-order valence-electron chi connectivity index (χ2n) is 9.74. The Hall–Kier alpha value is -4.22. The lowest BCUT2D eigenvalue weighted by atomic mass is 10.1. The van der Waals surface area contributed by atoms with Gasteiger partial charge in [-0.15, -0.1) is 0 Å². The quantitative estimate of drug-likeness (QED) is 0.137. The number of azo groups is 1. The van der Waals surface area contributed by atoms with Crippen molar-refractivity contribution in [3.63, 3.8) is 0 Å². The van der Waals surface area contributed by atoms with E-state index in [-0.39, 0.29) is 23.0 Å². The summed E-state index contributed by atoms with van der Waals surface area (Å²) in [6.45, 7) is 0. The van der Waals surface area contributed by atoms with Crippen LogP contribution in [0, 0.1) is 0 Å². The maximum atomic E-state index is 11.5. The van der Waals surface area contributed by atoms with E-state index in [4.69, 9.17) is 0 Å². The predicted molar refractivity (Wildman–Crippen MR) is 177 cm³/mol. The summed E-state index contributed by atoms with van der Waals surface area (Å²) in [7, 11) is 0. The van der Waals surface area contributed by atoms with Gasteiger partial charge >= 0.3 is 0 Å². The molecule has 8 bridgehead atoms. The lowest BCUT2D eigenvalue weighted by Gasteiger charge is -2.16. The van der Waals surface area contributed by atoms with Gasteiger partial charge in [0, 0.05) is 0 Å². The van der Waals surface area contributed by atoms with Gasteiger partial charge in [-0.05, 0) is 71.4 Å². The topological polar surface area (TPSA) is 106 Å². The Kier molecular flexibility index (Phi) is 7.82. The number of fused-ring (bicyclic) bond motifs is 9.